The summed E-state index contributed by atoms with van der Waals surface area (Å²) in [5, 5.41) is 3.32. The second kappa shape index (κ2) is 5.45. The van der Waals surface area contributed by atoms with Crippen molar-refractivity contribution in [1.29, 1.82) is 0 Å². The van der Waals surface area contributed by atoms with Crippen molar-refractivity contribution in [3.05, 3.63) is 40.6 Å². The topological polar surface area (TPSA) is 49.4 Å². The van der Waals surface area contributed by atoms with Crippen molar-refractivity contribution in [2.24, 2.45) is 0 Å². The number of nitrogens with zero attached hydrogens (tertiary/aromatic N) is 1. The summed E-state index contributed by atoms with van der Waals surface area (Å²) in [6, 6.07) is 5.02. The molecule has 1 amide bonds. The Morgan fingerprint density at radius 2 is 2.26 bits per heavy atom. The van der Waals surface area contributed by atoms with Crippen LogP contribution in [0, 0.1) is 0 Å². The zero-order valence-corrected chi connectivity index (χ0v) is 11.6. The summed E-state index contributed by atoms with van der Waals surface area (Å²) in [6.07, 6.45) is 2.02. The van der Waals surface area contributed by atoms with Gasteiger partial charge in [0, 0.05) is 35.8 Å². The number of hydrogen-bond donors (Lipinski definition) is 1. The standard InChI is InChI=1S/C14H15ClN2O2/c1-3-13(18)17-8-9(7-16-2)14(19)11-6-10(15)4-5-12(11)17/h4-7,16H,3,8H2,1-2H3. The molecule has 1 aromatic rings. The molecular formula is C14H15ClN2O2. The van der Waals surface area contributed by atoms with E-state index in [1.807, 2.05) is 0 Å². The van der Waals surface area contributed by atoms with E-state index in [1.165, 1.54) is 0 Å². The molecule has 0 aliphatic carbocycles. The molecule has 100 valence electrons. The van der Waals surface area contributed by atoms with Crippen LogP contribution in [-0.4, -0.2) is 25.3 Å². The highest BCUT2D eigenvalue weighted by molar-refractivity contribution is 6.31. The number of hydrogen-bond acceptors (Lipinski definition) is 3. The van der Waals surface area contributed by atoms with Gasteiger partial charge in [-0.2, -0.15) is 0 Å². The van der Waals surface area contributed by atoms with Gasteiger partial charge in [-0.05, 0) is 18.2 Å². The molecule has 2 rings (SSSR count). The van der Waals surface area contributed by atoms with Gasteiger partial charge in [-0.1, -0.05) is 18.5 Å². The van der Waals surface area contributed by atoms with Gasteiger partial charge in [0.15, 0.2) is 5.78 Å². The molecule has 0 unspecified atom stereocenters. The smallest absolute Gasteiger partial charge is 0.227 e. The lowest BCUT2D eigenvalue weighted by Gasteiger charge is -2.30. The molecule has 1 N–H and O–H groups in total. The number of rotatable bonds is 2. The quantitative estimate of drug-likeness (QED) is 0.845. The first-order valence-electron chi connectivity index (χ1n) is 6.09. The number of nitrogens with one attached hydrogen (secondary N) is 1. The van der Waals surface area contributed by atoms with E-state index in [-0.39, 0.29) is 11.7 Å². The third kappa shape index (κ3) is 2.49. The molecule has 1 heterocycles. The van der Waals surface area contributed by atoms with Gasteiger partial charge in [0.1, 0.15) is 0 Å². The highest BCUT2D eigenvalue weighted by Gasteiger charge is 2.30. The van der Waals surface area contributed by atoms with Crippen molar-refractivity contribution in [1.82, 2.24) is 5.32 Å². The fourth-order valence-electron chi connectivity index (χ4n) is 2.12. The monoisotopic (exact) mass is 278 g/mol. The van der Waals surface area contributed by atoms with E-state index in [2.05, 4.69) is 5.32 Å². The summed E-state index contributed by atoms with van der Waals surface area (Å²) in [4.78, 5) is 25.9. The zero-order valence-electron chi connectivity index (χ0n) is 10.9. The molecule has 0 aromatic heterocycles. The minimum Gasteiger partial charge on any atom is -0.394 e. The van der Waals surface area contributed by atoms with E-state index >= 15 is 0 Å². The SMILES string of the molecule is CCC(=O)N1CC(=CNC)C(=O)c2cc(Cl)ccc21. The fourth-order valence-corrected chi connectivity index (χ4v) is 2.30. The third-order valence-corrected chi connectivity index (χ3v) is 3.27. The number of ketones is 1. The molecule has 0 fully saturated rings. The lowest BCUT2D eigenvalue weighted by Crippen LogP contribution is -2.39. The van der Waals surface area contributed by atoms with Gasteiger partial charge in [-0.25, -0.2) is 0 Å². The summed E-state index contributed by atoms with van der Waals surface area (Å²) in [5.41, 5.74) is 1.66. The number of halogens is 1. The molecule has 4 nitrogen and oxygen atoms in total. The van der Waals surface area contributed by atoms with Crippen LogP contribution < -0.4 is 10.2 Å². The van der Waals surface area contributed by atoms with Crippen LogP contribution in [-0.2, 0) is 4.79 Å². The van der Waals surface area contributed by atoms with Gasteiger partial charge >= 0.3 is 0 Å². The molecule has 0 bridgehead atoms. The Hall–Kier alpha value is -1.81. The van der Waals surface area contributed by atoms with Gasteiger partial charge in [-0.15, -0.1) is 0 Å². The van der Waals surface area contributed by atoms with Crippen LogP contribution in [0.3, 0.4) is 0 Å². The maximum Gasteiger partial charge on any atom is 0.227 e. The third-order valence-electron chi connectivity index (χ3n) is 3.04. The Labute approximate surface area is 117 Å². The molecule has 0 atom stereocenters. The van der Waals surface area contributed by atoms with Crippen molar-refractivity contribution >= 4 is 29.0 Å². The largest absolute Gasteiger partial charge is 0.394 e. The van der Waals surface area contributed by atoms with Crippen LogP contribution in [0.2, 0.25) is 5.02 Å². The van der Waals surface area contributed by atoms with Gasteiger partial charge in [0.25, 0.3) is 0 Å². The second-order valence-corrected chi connectivity index (χ2v) is 4.72. The second-order valence-electron chi connectivity index (χ2n) is 4.28. The van der Waals surface area contributed by atoms with Gasteiger partial charge in [0.05, 0.1) is 12.2 Å². The molecule has 0 radical (unpaired) electrons. The minimum atomic E-state index is -0.0907. The number of carbonyl (C=O) groups excluding carboxylic acids is 2. The van der Waals surface area contributed by atoms with Crippen LogP contribution >= 0.6 is 11.6 Å². The fraction of sp³-hybridized carbons (Fsp3) is 0.286. The van der Waals surface area contributed by atoms with Crippen molar-refractivity contribution in [2.75, 3.05) is 18.5 Å². The lowest BCUT2D eigenvalue weighted by atomic mass is 9.96. The lowest BCUT2D eigenvalue weighted by molar-refractivity contribution is -0.118. The van der Waals surface area contributed by atoms with Crippen LogP contribution in [0.15, 0.2) is 30.0 Å². The van der Waals surface area contributed by atoms with E-state index in [0.717, 1.165) is 0 Å². The molecule has 1 aliphatic heterocycles. The average molecular weight is 279 g/mol. The van der Waals surface area contributed by atoms with Crippen LogP contribution in [0.25, 0.3) is 0 Å². The highest BCUT2D eigenvalue weighted by atomic mass is 35.5. The molecule has 1 aliphatic rings. The maximum atomic E-state index is 12.3. The minimum absolute atomic E-state index is 0.0157. The van der Waals surface area contributed by atoms with Gasteiger partial charge < -0.3 is 10.2 Å². The first kappa shape index (κ1) is 13.6. The van der Waals surface area contributed by atoms with Crippen molar-refractivity contribution in [2.45, 2.75) is 13.3 Å². The van der Waals surface area contributed by atoms with Gasteiger partial charge in [0.2, 0.25) is 5.91 Å². The zero-order chi connectivity index (χ0) is 14.0. The summed E-state index contributed by atoms with van der Waals surface area (Å²) >= 11 is 5.94. The Bertz CT molecular complexity index is 567. The Kier molecular flexibility index (Phi) is 3.90. The number of amides is 1. The number of anilines is 1. The van der Waals surface area contributed by atoms with E-state index in [4.69, 9.17) is 11.6 Å². The van der Waals surface area contributed by atoms with Crippen LogP contribution in [0.4, 0.5) is 5.69 Å². The van der Waals surface area contributed by atoms with E-state index in [9.17, 15) is 9.59 Å². The average Bonchev–Trinajstić information content (AvgIpc) is 2.41. The van der Waals surface area contributed by atoms with E-state index in [1.54, 1.807) is 43.3 Å². The Balaban J connectivity index is 2.56. The van der Waals surface area contributed by atoms with E-state index < -0.39 is 0 Å². The molecule has 1 aromatic carbocycles. The predicted molar refractivity (Wildman–Crippen MR) is 75.6 cm³/mol. The number of benzene rings is 1. The summed E-state index contributed by atoms with van der Waals surface area (Å²) < 4.78 is 0. The molecule has 19 heavy (non-hydrogen) atoms. The molecule has 5 heteroatoms. The van der Waals surface area contributed by atoms with Gasteiger partial charge in [-0.3, -0.25) is 9.59 Å². The first-order valence-corrected chi connectivity index (χ1v) is 6.47. The number of fused-ring (bicyclic) bond motifs is 1. The molecule has 0 spiro atoms. The first-order chi connectivity index (χ1) is 9.08. The number of Topliss-reactive ketones (excluding diaryl/α,β-unsaturated/α-hetero) is 1. The summed E-state index contributed by atoms with van der Waals surface area (Å²) in [6.45, 7) is 2.09. The van der Waals surface area contributed by atoms with Crippen LogP contribution in [0.1, 0.15) is 23.7 Å². The predicted octanol–water partition coefficient (Wildman–Crippen LogP) is 2.38. The normalized spacial score (nSPS) is 16.5. The Morgan fingerprint density at radius 1 is 1.53 bits per heavy atom. The summed E-state index contributed by atoms with van der Waals surface area (Å²) in [5.74, 6) is -0.106. The molecule has 0 saturated carbocycles. The van der Waals surface area contributed by atoms with Crippen molar-refractivity contribution in [3.63, 3.8) is 0 Å². The Morgan fingerprint density at radius 3 is 2.89 bits per heavy atom. The maximum absolute atomic E-state index is 12.3. The van der Waals surface area contributed by atoms with Crippen LogP contribution in [0.5, 0.6) is 0 Å². The summed E-state index contributed by atoms with van der Waals surface area (Å²) in [7, 11) is 1.72. The molecule has 0 saturated heterocycles. The highest BCUT2D eigenvalue weighted by Crippen LogP contribution is 2.31. The van der Waals surface area contributed by atoms with Crippen molar-refractivity contribution < 1.29 is 9.59 Å². The van der Waals surface area contributed by atoms with E-state index in [0.29, 0.717) is 34.8 Å². The molecular weight excluding hydrogens is 264 g/mol. The number of carbonyl (C=O) groups is 2. The van der Waals surface area contributed by atoms with Crippen molar-refractivity contribution in [3.8, 4) is 0 Å².